The predicted molar refractivity (Wildman–Crippen MR) is 64.8 cm³/mol. The first-order valence-corrected chi connectivity index (χ1v) is 5.83. The molecule has 18 heavy (non-hydrogen) atoms. The highest BCUT2D eigenvalue weighted by molar-refractivity contribution is 5.48. The fourth-order valence-electron chi connectivity index (χ4n) is 1.75. The third-order valence-electron chi connectivity index (χ3n) is 2.62. The molecule has 0 amide bonds. The zero-order valence-corrected chi connectivity index (χ0v) is 9.81. The fraction of sp³-hybridized carbons (Fsp3) is 0.385. The lowest BCUT2D eigenvalue weighted by molar-refractivity contribution is -0.0498. The van der Waals surface area contributed by atoms with Crippen molar-refractivity contribution < 1.29 is 18.3 Å². The molecular formula is C13H15F2NO2. The van der Waals surface area contributed by atoms with Crippen LogP contribution in [0.4, 0.5) is 14.5 Å². The first kappa shape index (κ1) is 12.7. The van der Waals surface area contributed by atoms with Gasteiger partial charge in [-0.2, -0.15) is 8.78 Å². The van der Waals surface area contributed by atoms with Gasteiger partial charge in [-0.25, -0.2) is 0 Å². The molecule has 2 rings (SSSR count). The van der Waals surface area contributed by atoms with Gasteiger partial charge in [0.15, 0.2) is 0 Å². The molecule has 0 aromatic heterocycles. The molecule has 0 aliphatic carbocycles. The van der Waals surface area contributed by atoms with E-state index in [0.717, 1.165) is 18.5 Å². The maximum atomic E-state index is 12.1. The third kappa shape index (κ3) is 3.91. The minimum Gasteiger partial charge on any atom is -0.497 e. The minimum absolute atomic E-state index is 0.120. The van der Waals surface area contributed by atoms with Crippen LogP contribution >= 0.6 is 0 Å². The molecule has 1 aromatic rings. The van der Waals surface area contributed by atoms with Crippen LogP contribution in [-0.2, 0) is 4.74 Å². The molecule has 0 radical (unpaired) electrons. The fourth-order valence-corrected chi connectivity index (χ4v) is 1.75. The normalized spacial score (nSPS) is 18.5. The number of ether oxygens (including phenoxy) is 2. The van der Waals surface area contributed by atoms with Gasteiger partial charge in [0.2, 0.25) is 0 Å². The van der Waals surface area contributed by atoms with Crippen LogP contribution in [0.15, 0.2) is 36.6 Å². The quantitative estimate of drug-likeness (QED) is 0.874. The summed E-state index contributed by atoms with van der Waals surface area (Å²) < 4.78 is 33.8. The minimum atomic E-state index is -2.80. The van der Waals surface area contributed by atoms with Gasteiger partial charge < -0.3 is 14.8 Å². The molecule has 0 bridgehead atoms. The second kappa shape index (κ2) is 6.23. The molecule has 0 spiro atoms. The van der Waals surface area contributed by atoms with E-state index in [4.69, 9.17) is 4.74 Å². The van der Waals surface area contributed by atoms with Crippen LogP contribution < -0.4 is 10.1 Å². The van der Waals surface area contributed by atoms with Crippen LogP contribution in [-0.4, -0.2) is 19.3 Å². The van der Waals surface area contributed by atoms with E-state index in [2.05, 4.69) is 10.1 Å². The van der Waals surface area contributed by atoms with E-state index in [1.54, 1.807) is 24.5 Å². The third-order valence-corrected chi connectivity index (χ3v) is 2.62. The molecule has 1 atom stereocenters. The van der Waals surface area contributed by atoms with Crippen molar-refractivity contribution in [2.24, 2.45) is 0 Å². The van der Waals surface area contributed by atoms with Crippen molar-refractivity contribution in [2.75, 3.05) is 11.9 Å². The Hall–Kier alpha value is -1.78. The van der Waals surface area contributed by atoms with Crippen molar-refractivity contribution in [3.05, 3.63) is 36.6 Å². The molecule has 1 aliphatic heterocycles. The Morgan fingerprint density at radius 2 is 2.33 bits per heavy atom. The zero-order valence-electron chi connectivity index (χ0n) is 9.81. The number of rotatable bonds is 5. The Morgan fingerprint density at radius 3 is 3.06 bits per heavy atom. The smallest absolute Gasteiger partial charge is 0.387 e. The van der Waals surface area contributed by atoms with Crippen molar-refractivity contribution in [1.82, 2.24) is 0 Å². The van der Waals surface area contributed by atoms with Gasteiger partial charge in [0.1, 0.15) is 11.9 Å². The number of hydrogen-bond acceptors (Lipinski definition) is 3. The van der Waals surface area contributed by atoms with Gasteiger partial charge in [0, 0.05) is 11.8 Å². The lowest BCUT2D eigenvalue weighted by Crippen LogP contribution is -2.22. The van der Waals surface area contributed by atoms with Gasteiger partial charge in [-0.15, -0.1) is 0 Å². The number of nitrogens with one attached hydrogen (secondary N) is 1. The van der Waals surface area contributed by atoms with Crippen LogP contribution in [0.1, 0.15) is 12.8 Å². The molecule has 1 aromatic carbocycles. The molecule has 5 heteroatoms. The molecule has 0 fully saturated rings. The molecule has 98 valence electrons. The van der Waals surface area contributed by atoms with Crippen LogP contribution in [0.25, 0.3) is 0 Å². The van der Waals surface area contributed by atoms with Gasteiger partial charge in [0.25, 0.3) is 0 Å². The molecule has 1 unspecified atom stereocenters. The average Bonchev–Trinajstić information content (AvgIpc) is 2.37. The monoisotopic (exact) mass is 255 g/mol. The van der Waals surface area contributed by atoms with E-state index in [0.29, 0.717) is 6.54 Å². The summed E-state index contributed by atoms with van der Waals surface area (Å²) in [5.41, 5.74) is 0.742. The van der Waals surface area contributed by atoms with E-state index >= 15 is 0 Å². The van der Waals surface area contributed by atoms with E-state index < -0.39 is 6.61 Å². The maximum absolute atomic E-state index is 12.1. The van der Waals surface area contributed by atoms with E-state index in [1.165, 1.54) is 6.07 Å². The van der Waals surface area contributed by atoms with Crippen molar-refractivity contribution >= 4 is 5.69 Å². The highest BCUT2D eigenvalue weighted by Crippen LogP contribution is 2.20. The number of allylic oxidation sites excluding steroid dienone is 1. The second-order valence-corrected chi connectivity index (χ2v) is 3.99. The van der Waals surface area contributed by atoms with Crippen LogP contribution in [0.2, 0.25) is 0 Å². The molecule has 1 N–H and O–H groups in total. The van der Waals surface area contributed by atoms with E-state index in [1.807, 2.05) is 6.08 Å². The van der Waals surface area contributed by atoms with Gasteiger partial charge in [0.05, 0.1) is 12.8 Å². The highest BCUT2D eigenvalue weighted by Gasteiger charge is 2.10. The van der Waals surface area contributed by atoms with Gasteiger partial charge in [-0.05, 0) is 31.1 Å². The van der Waals surface area contributed by atoms with E-state index in [9.17, 15) is 8.78 Å². The molecule has 1 heterocycles. The Bertz CT molecular complexity index is 410. The van der Waals surface area contributed by atoms with E-state index in [-0.39, 0.29) is 11.9 Å². The largest absolute Gasteiger partial charge is 0.497 e. The highest BCUT2D eigenvalue weighted by atomic mass is 19.3. The summed E-state index contributed by atoms with van der Waals surface area (Å²) in [5, 5.41) is 3.14. The first-order chi connectivity index (χ1) is 8.74. The maximum Gasteiger partial charge on any atom is 0.387 e. The molecule has 1 aliphatic rings. The number of halogens is 2. The zero-order chi connectivity index (χ0) is 12.8. The van der Waals surface area contributed by atoms with Gasteiger partial charge in [-0.3, -0.25) is 0 Å². The van der Waals surface area contributed by atoms with Crippen molar-refractivity contribution in [3.8, 4) is 5.75 Å². The first-order valence-electron chi connectivity index (χ1n) is 5.83. The number of hydrogen-bond donors (Lipinski definition) is 1. The summed E-state index contributed by atoms with van der Waals surface area (Å²) in [6.45, 7) is -2.16. The van der Waals surface area contributed by atoms with Crippen LogP contribution in [0, 0.1) is 0 Å². The van der Waals surface area contributed by atoms with Crippen molar-refractivity contribution in [2.45, 2.75) is 25.6 Å². The van der Waals surface area contributed by atoms with Gasteiger partial charge in [-0.1, -0.05) is 6.07 Å². The Kier molecular flexibility index (Phi) is 4.39. The molecule has 0 saturated carbocycles. The SMILES string of the molecule is FC(F)Oc1cccc(NCC2CCC=CO2)c1. The van der Waals surface area contributed by atoms with Crippen molar-refractivity contribution in [1.29, 1.82) is 0 Å². The lowest BCUT2D eigenvalue weighted by atomic mass is 10.1. The van der Waals surface area contributed by atoms with Crippen LogP contribution in [0.5, 0.6) is 5.75 Å². The standard InChI is InChI=1S/C13H15F2NO2/c14-13(15)18-11-6-3-4-10(8-11)16-9-12-5-1-2-7-17-12/h2-4,6-8,12-13,16H,1,5,9H2. The Labute approximate surface area is 104 Å². The summed E-state index contributed by atoms with van der Waals surface area (Å²) in [5.74, 6) is 0.152. The molecule has 0 saturated heterocycles. The number of benzene rings is 1. The van der Waals surface area contributed by atoms with Gasteiger partial charge >= 0.3 is 6.61 Å². The number of anilines is 1. The Balaban J connectivity index is 1.86. The topological polar surface area (TPSA) is 30.5 Å². The summed E-state index contributed by atoms with van der Waals surface area (Å²) >= 11 is 0. The average molecular weight is 255 g/mol. The molecule has 3 nitrogen and oxygen atoms in total. The summed E-state index contributed by atoms with van der Waals surface area (Å²) in [6.07, 6.45) is 5.76. The summed E-state index contributed by atoms with van der Waals surface area (Å²) in [4.78, 5) is 0. The van der Waals surface area contributed by atoms with Crippen molar-refractivity contribution in [3.63, 3.8) is 0 Å². The second-order valence-electron chi connectivity index (χ2n) is 3.99. The Morgan fingerprint density at radius 1 is 1.44 bits per heavy atom. The summed E-state index contributed by atoms with van der Waals surface area (Å²) in [7, 11) is 0. The van der Waals surface area contributed by atoms with Crippen LogP contribution in [0.3, 0.4) is 0 Å². The lowest BCUT2D eigenvalue weighted by Gasteiger charge is -2.20. The number of alkyl halides is 2. The summed E-state index contributed by atoms with van der Waals surface area (Å²) in [6, 6.07) is 6.51. The molecular weight excluding hydrogens is 240 g/mol. The predicted octanol–water partition coefficient (Wildman–Crippen LogP) is 3.39.